The van der Waals surface area contributed by atoms with E-state index >= 15 is 0 Å². The molecule has 240 valence electrons. The maximum atomic E-state index is 13.4. The minimum atomic E-state index is -4.26. The highest BCUT2D eigenvalue weighted by Crippen LogP contribution is 2.39. The maximum Gasteiger partial charge on any atom is 0.245 e. The zero-order chi connectivity index (χ0) is 34.3. The molecule has 5 atom stereocenters. The van der Waals surface area contributed by atoms with E-state index in [4.69, 9.17) is 0 Å². The quantitative estimate of drug-likeness (QED) is 0.0456. The normalized spacial score (nSPS) is 15.3. The van der Waals surface area contributed by atoms with Crippen molar-refractivity contribution in [2.45, 2.75) is 30.0 Å². The molecule has 0 aromatic heterocycles. The first-order valence-electron chi connectivity index (χ1n) is 12.1. The van der Waals surface area contributed by atoms with Gasteiger partial charge in [0, 0.05) is 16.7 Å². The number of carbonyl (C=O) groups excluding carboxylic acids is 4. The molecule has 0 saturated carbocycles. The number of Topliss-reactive ketones (excluding diaryl/α,β-unsaturated/α-hetero) is 4. The molecule has 0 bridgehead atoms. The number of carbonyl (C=O) groups is 4. The van der Waals surface area contributed by atoms with Crippen molar-refractivity contribution in [2.24, 2.45) is 0 Å². The first-order chi connectivity index (χ1) is 20.7. The number of phenols is 9. The zero-order valence-corrected chi connectivity index (χ0v) is 22.2. The van der Waals surface area contributed by atoms with Crippen LogP contribution in [0, 0.1) is 0 Å². The van der Waals surface area contributed by atoms with E-state index in [9.17, 15) is 90.7 Å². The van der Waals surface area contributed by atoms with Gasteiger partial charge in [-0.15, -0.1) is 0 Å². The van der Waals surface area contributed by atoms with E-state index in [2.05, 4.69) is 0 Å². The minimum Gasteiger partial charge on any atom is -0.504 e. The fraction of sp³-hybridized carbons (Fsp3) is 0.185. The van der Waals surface area contributed by atoms with E-state index < -0.39 is 122 Å². The lowest BCUT2D eigenvalue weighted by Gasteiger charge is -2.35. The predicted molar refractivity (Wildman–Crippen MR) is 141 cm³/mol. The van der Waals surface area contributed by atoms with Crippen molar-refractivity contribution in [3.63, 3.8) is 0 Å². The fourth-order valence-electron chi connectivity index (χ4n) is 4.06. The second-order valence-electron chi connectivity index (χ2n) is 9.58. The number of rotatable bonds is 11. The van der Waals surface area contributed by atoms with Crippen LogP contribution in [0.15, 0.2) is 36.4 Å². The highest BCUT2D eigenvalue weighted by atomic mass is 16.4. The summed E-state index contributed by atoms with van der Waals surface area (Å²) in [6.07, 6.45) is -12.3. The van der Waals surface area contributed by atoms with Gasteiger partial charge >= 0.3 is 0 Å². The zero-order valence-electron chi connectivity index (χ0n) is 22.2. The lowest BCUT2D eigenvalue weighted by molar-refractivity contribution is -0.162. The van der Waals surface area contributed by atoms with Crippen molar-refractivity contribution in [1.82, 2.24) is 0 Å². The van der Waals surface area contributed by atoms with Crippen LogP contribution in [-0.4, -0.2) is 125 Å². The molecular weight excluding hydrogens is 612 g/mol. The Kier molecular flexibility index (Phi) is 9.13. The molecule has 0 saturated heterocycles. The number of hydrogen-bond donors (Lipinski definition) is 14. The number of aromatic hydroxyl groups is 9. The van der Waals surface area contributed by atoms with Gasteiger partial charge in [0.05, 0.1) is 0 Å². The van der Waals surface area contributed by atoms with E-state index in [1.807, 2.05) is 0 Å². The second-order valence-corrected chi connectivity index (χ2v) is 9.58. The van der Waals surface area contributed by atoms with Gasteiger partial charge in [-0.3, -0.25) is 19.2 Å². The third-order valence-corrected chi connectivity index (χ3v) is 6.61. The van der Waals surface area contributed by atoms with Crippen molar-refractivity contribution in [2.75, 3.05) is 0 Å². The lowest BCUT2D eigenvalue weighted by Crippen LogP contribution is -2.65. The van der Waals surface area contributed by atoms with Crippen LogP contribution in [0.1, 0.15) is 31.1 Å². The van der Waals surface area contributed by atoms with Crippen LogP contribution in [-0.2, 0) is 4.79 Å². The molecule has 1 unspecified atom stereocenters. The number of aliphatic hydroxyl groups excluding tert-OH is 4. The van der Waals surface area contributed by atoms with E-state index in [0.717, 1.165) is 0 Å². The van der Waals surface area contributed by atoms with Crippen molar-refractivity contribution < 1.29 is 90.7 Å². The Bertz CT molecular complexity index is 1640. The Morgan fingerprint density at radius 1 is 0.511 bits per heavy atom. The standard InChI is InChI=1S/C27H24O18/c28-10-1-7(2-11(29)18(10)36)16(34)21(39)22(40)23(41)26(44)27(45,24(42)9-5-14(32)20(38)15(33)6-9)25(43)17(35)8-3-12(30)19(37)13(31)4-8/h1-6,21-23,26,28-33,36-41,44-45H/t21?,22-,23-,26+,27+/m1/s1. The molecule has 18 nitrogen and oxygen atoms in total. The maximum absolute atomic E-state index is 13.4. The van der Waals surface area contributed by atoms with Crippen LogP contribution in [0.3, 0.4) is 0 Å². The monoisotopic (exact) mass is 636 g/mol. The molecule has 0 aliphatic carbocycles. The largest absolute Gasteiger partial charge is 0.504 e. The number of benzene rings is 3. The summed E-state index contributed by atoms with van der Waals surface area (Å²) in [7, 11) is 0. The molecule has 0 aliphatic rings. The molecule has 3 aromatic rings. The first-order valence-corrected chi connectivity index (χ1v) is 12.1. The average Bonchev–Trinajstić information content (AvgIpc) is 3.00. The molecule has 0 aliphatic heterocycles. The number of aliphatic hydroxyl groups is 5. The molecule has 3 rings (SSSR count). The highest BCUT2D eigenvalue weighted by Gasteiger charge is 2.57. The molecule has 0 heterocycles. The van der Waals surface area contributed by atoms with Gasteiger partial charge in [-0.05, 0) is 36.4 Å². The lowest BCUT2D eigenvalue weighted by atomic mass is 9.77. The second kappa shape index (κ2) is 12.1. The number of ketones is 4. The summed E-state index contributed by atoms with van der Waals surface area (Å²) >= 11 is 0. The Morgan fingerprint density at radius 3 is 1.22 bits per heavy atom. The smallest absolute Gasteiger partial charge is 0.245 e. The van der Waals surface area contributed by atoms with Crippen molar-refractivity contribution >= 4 is 23.1 Å². The summed E-state index contributed by atoms with van der Waals surface area (Å²) in [5, 5.41) is 140. The predicted octanol–water partition coefficient (Wildman–Crippen LogP) is -2.27. The molecule has 0 amide bonds. The molecule has 0 spiro atoms. The topological polar surface area (TPSA) is 352 Å². The van der Waals surface area contributed by atoms with Crippen molar-refractivity contribution in [3.8, 4) is 51.7 Å². The van der Waals surface area contributed by atoms with Gasteiger partial charge in [-0.2, -0.15) is 0 Å². The molecule has 0 fully saturated rings. The van der Waals surface area contributed by atoms with Gasteiger partial charge in [0.25, 0.3) is 0 Å². The van der Waals surface area contributed by atoms with E-state index in [1.54, 1.807) is 0 Å². The van der Waals surface area contributed by atoms with Crippen LogP contribution in [0.4, 0.5) is 0 Å². The minimum absolute atomic E-state index is 0.329. The summed E-state index contributed by atoms with van der Waals surface area (Å²) < 4.78 is 0. The van der Waals surface area contributed by atoms with E-state index in [1.165, 1.54) is 0 Å². The Labute approximate surface area is 249 Å². The molecule has 45 heavy (non-hydrogen) atoms. The average molecular weight is 636 g/mol. The van der Waals surface area contributed by atoms with Crippen LogP contribution in [0.2, 0.25) is 0 Å². The van der Waals surface area contributed by atoms with Crippen molar-refractivity contribution in [1.29, 1.82) is 0 Å². The van der Waals surface area contributed by atoms with E-state index in [0.29, 0.717) is 36.4 Å². The number of phenolic OH excluding ortho intramolecular Hbond substituents is 9. The molecule has 14 N–H and O–H groups in total. The summed E-state index contributed by atoms with van der Waals surface area (Å²) in [5.41, 5.74) is -7.19. The third-order valence-electron chi connectivity index (χ3n) is 6.61. The van der Waals surface area contributed by atoms with Crippen LogP contribution in [0.25, 0.3) is 0 Å². The molecule has 18 heteroatoms. The van der Waals surface area contributed by atoms with Crippen LogP contribution < -0.4 is 0 Å². The number of hydrogen-bond acceptors (Lipinski definition) is 18. The van der Waals surface area contributed by atoms with Crippen LogP contribution >= 0.6 is 0 Å². The Hall–Kier alpha value is -5.66. The third kappa shape index (κ3) is 5.94. The van der Waals surface area contributed by atoms with Gasteiger partial charge in [-0.25, -0.2) is 0 Å². The molecule has 0 radical (unpaired) electrons. The summed E-state index contributed by atoms with van der Waals surface area (Å²) in [5.74, 6) is -18.5. The Morgan fingerprint density at radius 2 is 0.844 bits per heavy atom. The van der Waals surface area contributed by atoms with Gasteiger partial charge < -0.3 is 71.5 Å². The first kappa shape index (κ1) is 33.8. The summed E-state index contributed by atoms with van der Waals surface area (Å²) in [4.78, 5) is 52.4. The molecular formula is C27H24O18. The SMILES string of the molecule is O=C(C(=O)[C@@](O)(C(=O)c1cc(O)c(O)c(O)c1)[C@@H](O)[C@H](O)[C@H](O)C(O)C(=O)c1cc(O)c(O)c(O)c1)c1cc(O)c(O)c(O)c1. The fourth-order valence-corrected chi connectivity index (χ4v) is 4.06. The molecule has 3 aromatic carbocycles. The van der Waals surface area contributed by atoms with Gasteiger partial charge in [0.1, 0.15) is 24.4 Å². The van der Waals surface area contributed by atoms with Crippen molar-refractivity contribution in [3.05, 3.63) is 53.1 Å². The van der Waals surface area contributed by atoms with Gasteiger partial charge in [0.2, 0.25) is 23.0 Å². The highest BCUT2D eigenvalue weighted by molar-refractivity contribution is 6.51. The Balaban J connectivity index is 2.11. The van der Waals surface area contributed by atoms with Crippen LogP contribution in [0.5, 0.6) is 51.7 Å². The van der Waals surface area contributed by atoms with Gasteiger partial charge in [-0.1, -0.05) is 0 Å². The summed E-state index contributed by atoms with van der Waals surface area (Å²) in [6, 6.07) is 2.42. The van der Waals surface area contributed by atoms with Gasteiger partial charge in [0.15, 0.2) is 57.5 Å². The van der Waals surface area contributed by atoms with E-state index in [-0.39, 0.29) is 0 Å². The summed E-state index contributed by atoms with van der Waals surface area (Å²) in [6.45, 7) is 0.